The summed E-state index contributed by atoms with van der Waals surface area (Å²) in [6.07, 6.45) is 1.05. The van der Waals surface area contributed by atoms with Crippen molar-refractivity contribution in [2.24, 2.45) is 0 Å². The zero-order valence-corrected chi connectivity index (χ0v) is 14.1. The largest absolute Gasteiger partial charge is 0.370 e. The monoisotopic (exact) mass is 318 g/mol. The molecule has 3 rings (SSSR count). The zero-order valence-electron chi connectivity index (χ0n) is 14.1. The molecule has 2 N–H and O–H groups in total. The quantitative estimate of drug-likeness (QED) is 0.670. The van der Waals surface area contributed by atoms with Crippen LogP contribution < -0.4 is 10.6 Å². The average molecular weight is 318 g/mol. The Morgan fingerprint density at radius 1 is 0.875 bits per heavy atom. The predicted molar refractivity (Wildman–Crippen MR) is 101 cm³/mol. The summed E-state index contributed by atoms with van der Waals surface area (Å²) in [5.41, 5.74) is 3.24. The smallest absolute Gasteiger partial charge is 0.163 e. The maximum absolute atomic E-state index is 4.69. The van der Waals surface area contributed by atoms with Gasteiger partial charge >= 0.3 is 0 Å². The molecule has 122 valence electrons. The van der Waals surface area contributed by atoms with Crippen LogP contribution in [0.15, 0.2) is 60.7 Å². The van der Waals surface area contributed by atoms with Gasteiger partial charge in [-0.05, 0) is 25.0 Å². The molecule has 3 aromatic rings. The van der Waals surface area contributed by atoms with Crippen molar-refractivity contribution in [2.75, 3.05) is 17.2 Å². The molecule has 4 heteroatoms. The minimum Gasteiger partial charge on any atom is -0.370 e. The Hall–Kier alpha value is -2.88. The van der Waals surface area contributed by atoms with Gasteiger partial charge in [0.2, 0.25) is 0 Å². The Balaban J connectivity index is 1.97. The number of nitrogens with zero attached hydrogens (tertiary/aromatic N) is 2. The SMILES string of the molecule is CCCNc1cc(Nc2ccccc2C)nc(-c2ccccc2)n1. The predicted octanol–water partition coefficient (Wildman–Crippen LogP) is 5.02. The van der Waals surface area contributed by atoms with Gasteiger partial charge in [0.1, 0.15) is 11.6 Å². The number of aryl methyl sites for hydroxylation is 1. The van der Waals surface area contributed by atoms with Crippen molar-refractivity contribution < 1.29 is 0 Å². The Morgan fingerprint density at radius 2 is 1.58 bits per heavy atom. The zero-order chi connectivity index (χ0) is 16.8. The molecule has 0 amide bonds. The first-order chi connectivity index (χ1) is 11.8. The molecule has 0 radical (unpaired) electrons. The molecule has 1 heterocycles. The highest BCUT2D eigenvalue weighted by atomic mass is 15.1. The van der Waals surface area contributed by atoms with Crippen molar-refractivity contribution in [1.29, 1.82) is 0 Å². The van der Waals surface area contributed by atoms with Gasteiger partial charge in [0, 0.05) is 23.9 Å². The number of anilines is 3. The molecule has 0 fully saturated rings. The highest BCUT2D eigenvalue weighted by Crippen LogP contribution is 2.24. The van der Waals surface area contributed by atoms with Crippen LogP contribution in [0.5, 0.6) is 0 Å². The molecule has 24 heavy (non-hydrogen) atoms. The van der Waals surface area contributed by atoms with E-state index < -0.39 is 0 Å². The Labute approximate surface area is 143 Å². The van der Waals surface area contributed by atoms with Gasteiger partial charge in [-0.25, -0.2) is 9.97 Å². The molecule has 0 aliphatic rings. The van der Waals surface area contributed by atoms with Crippen molar-refractivity contribution in [2.45, 2.75) is 20.3 Å². The van der Waals surface area contributed by atoms with E-state index in [1.54, 1.807) is 0 Å². The molecule has 1 aromatic heterocycles. The molecule has 0 bridgehead atoms. The number of hydrogen-bond donors (Lipinski definition) is 2. The average Bonchev–Trinajstić information content (AvgIpc) is 2.62. The van der Waals surface area contributed by atoms with Gasteiger partial charge in [0.15, 0.2) is 5.82 Å². The van der Waals surface area contributed by atoms with Crippen LogP contribution in [0, 0.1) is 6.92 Å². The van der Waals surface area contributed by atoms with Crippen molar-refractivity contribution in [3.63, 3.8) is 0 Å². The topological polar surface area (TPSA) is 49.8 Å². The van der Waals surface area contributed by atoms with E-state index in [1.807, 2.05) is 48.5 Å². The van der Waals surface area contributed by atoms with E-state index in [2.05, 4.69) is 46.6 Å². The van der Waals surface area contributed by atoms with Crippen molar-refractivity contribution in [3.8, 4) is 11.4 Å². The highest BCUT2D eigenvalue weighted by molar-refractivity contribution is 5.66. The van der Waals surface area contributed by atoms with Gasteiger partial charge in [-0.2, -0.15) is 0 Å². The number of rotatable bonds is 6. The van der Waals surface area contributed by atoms with E-state index in [0.717, 1.165) is 35.9 Å². The van der Waals surface area contributed by atoms with E-state index >= 15 is 0 Å². The van der Waals surface area contributed by atoms with Crippen LogP contribution in [-0.2, 0) is 0 Å². The Morgan fingerprint density at radius 3 is 2.33 bits per heavy atom. The summed E-state index contributed by atoms with van der Waals surface area (Å²) in [4.78, 5) is 9.33. The van der Waals surface area contributed by atoms with Crippen LogP contribution >= 0.6 is 0 Å². The van der Waals surface area contributed by atoms with E-state index in [0.29, 0.717) is 5.82 Å². The fraction of sp³-hybridized carbons (Fsp3) is 0.200. The number of hydrogen-bond acceptors (Lipinski definition) is 4. The second kappa shape index (κ2) is 7.59. The molecular weight excluding hydrogens is 296 g/mol. The first kappa shape index (κ1) is 16.0. The number of benzene rings is 2. The van der Waals surface area contributed by atoms with E-state index in [4.69, 9.17) is 0 Å². The fourth-order valence-corrected chi connectivity index (χ4v) is 2.42. The minimum atomic E-state index is 0.716. The molecule has 0 saturated carbocycles. The normalized spacial score (nSPS) is 10.4. The molecular formula is C20H22N4. The number of aromatic nitrogens is 2. The summed E-state index contributed by atoms with van der Waals surface area (Å²) in [5, 5.41) is 6.76. The van der Waals surface area contributed by atoms with Crippen LogP contribution in [-0.4, -0.2) is 16.5 Å². The van der Waals surface area contributed by atoms with Gasteiger partial charge in [-0.1, -0.05) is 55.5 Å². The lowest BCUT2D eigenvalue weighted by Gasteiger charge is -2.12. The van der Waals surface area contributed by atoms with Gasteiger partial charge < -0.3 is 10.6 Å². The third-order valence-electron chi connectivity index (χ3n) is 3.72. The summed E-state index contributed by atoms with van der Waals surface area (Å²) < 4.78 is 0. The molecule has 0 aliphatic heterocycles. The summed E-state index contributed by atoms with van der Waals surface area (Å²) >= 11 is 0. The maximum Gasteiger partial charge on any atom is 0.163 e. The van der Waals surface area contributed by atoms with E-state index in [-0.39, 0.29) is 0 Å². The molecule has 2 aromatic carbocycles. The number of para-hydroxylation sites is 1. The van der Waals surface area contributed by atoms with Crippen LogP contribution in [0.3, 0.4) is 0 Å². The molecule has 0 aliphatic carbocycles. The third-order valence-corrected chi connectivity index (χ3v) is 3.72. The van der Waals surface area contributed by atoms with Crippen LogP contribution in [0.1, 0.15) is 18.9 Å². The lowest BCUT2D eigenvalue weighted by atomic mass is 10.2. The van der Waals surface area contributed by atoms with Crippen molar-refractivity contribution in [3.05, 3.63) is 66.2 Å². The maximum atomic E-state index is 4.69. The van der Waals surface area contributed by atoms with E-state index in [9.17, 15) is 0 Å². The van der Waals surface area contributed by atoms with Crippen molar-refractivity contribution >= 4 is 17.3 Å². The second-order valence-electron chi connectivity index (χ2n) is 5.69. The lowest BCUT2D eigenvalue weighted by molar-refractivity contribution is 0.966. The molecule has 0 unspecified atom stereocenters. The molecule has 0 saturated heterocycles. The lowest BCUT2D eigenvalue weighted by Crippen LogP contribution is -2.06. The first-order valence-corrected chi connectivity index (χ1v) is 8.27. The van der Waals surface area contributed by atoms with Crippen LogP contribution in [0.4, 0.5) is 17.3 Å². The number of nitrogens with one attached hydrogen (secondary N) is 2. The van der Waals surface area contributed by atoms with Crippen molar-refractivity contribution in [1.82, 2.24) is 9.97 Å². The van der Waals surface area contributed by atoms with Gasteiger partial charge in [0.25, 0.3) is 0 Å². The van der Waals surface area contributed by atoms with Gasteiger partial charge in [-0.3, -0.25) is 0 Å². The standard InChI is InChI=1S/C20H22N4/c1-3-13-21-18-14-19(22-17-12-8-7-9-15(17)2)24-20(23-18)16-10-5-4-6-11-16/h4-12,14H,3,13H2,1-2H3,(H2,21,22,23,24). The summed E-state index contributed by atoms with van der Waals surface area (Å²) in [6, 6.07) is 20.2. The summed E-state index contributed by atoms with van der Waals surface area (Å²) in [7, 11) is 0. The fourth-order valence-electron chi connectivity index (χ4n) is 2.42. The third kappa shape index (κ3) is 3.90. The molecule has 4 nitrogen and oxygen atoms in total. The molecule has 0 atom stereocenters. The van der Waals surface area contributed by atoms with E-state index in [1.165, 1.54) is 5.56 Å². The first-order valence-electron chi connectivity index (χ1n) is 8.27. The van der Waals surface area contributed by atoms with Crippen LogP contribution in [0.25, 0.3) is 11.4 Å². The Bertz CT molecular complexity index is 800. The Kier molecular flexibility index (Phi) is 5.06. The molecule has 0 spiro atoms. The second-order valence-corrected chi connectivity index (χ2v) is 5.69. The van der Waals surface area contributed by atoms with Crippen LogP contribution in [0.2, 0.25) is 0 Å². The minimum absolute atomic E-state index is 0.716. The summed E-state index contributed by atoms with van der Waals surface area (Å²) in [5.74, 6) is 2.34. The van der Waals surface area contributed by atoms with Gasteiger partial charge in [0.05, 0.1) is 0 Å². The highest BCUT2D eigenvalue weighted by Gasteiger charge is 2.08. The van der Waals surface area contributed by atoms with Gasteiger partial charge in [-0.15, -0.1) is 0 Å². The summed E-state index contributed by atoms with van der Waals surface area (Å²) in [6.45, 7) is 5.10.